The Kier molecular flexibility index (Phi) is 6.48. The summed E-state index contributed by atoms with van der Waals surface area (Å²) < 4.78 is 5.54. The maximum absolute atomic E-state index is 10.5. The van der Waals surface area contributed by atoms with E-state index in [0.717, 1.165) is 11.3 Å². The predicted molar refractivity (Wildman–Crippen MR) is 76.9 cm³/mol. The van der Waals surface area contributed by atoms with E-state index in [9.17, 15) is 9.90 Å². The van der Waals surface area contributed by atoms with Crippen LogP contribution in [0.3, 0.4) is 0 Å². The third-order valence-electron chi connectivity index (χ3n) is 2.83. The Bertz CT molecular complexity index is 416. The van der Waals surface area contributed by atoms with Gasteiger partial charge in [-0.1, -0.05) is 12.1 Å². The molecule has 0 spiro atoms. The molecule has 5 heteroatoms. The lowest BCUT2D eigenvalue weighted by atomic mass is 10.1. The molecule has 0 bridgehead atoms. The summed E-state index contributed by atoms with van der Waals surface area (Å²) >= 11 is 0. The monoisotopic (exact) mass is 281 g/mol. The van der Waals surface area contributed by atoms with Crippen molar-refractivity contribution in [1.82, 2.24) is 4.90 Å². The number of hydrogen-bond acceptors (Lipinski definition) is 4. The molecule has 1 aromatic carbocycles. The minimum atomic E-state index is -0.832. The molecule has 0 aliphatic heterocycles. The van der Waals surface area contributed by atoms with Crippen LogP contribution >= 0.6 is 0 Å². The summed E-state index contributed by atoms with van der Waals surface area (Å²) in [5, 5.41) is 18.7. The fourth-order valence-electron chi connectivity index (χ4n) is 1.82. The van der Waals surface area contributed by atoms with Crippen molar-refractivity contribution >= 4 is 5.97 Å². The minimum Gasteiger partial charge on any atom is -0.491 e. The lowest BCUT2D eigenvalue weighted by Crippen LogP contribution is -2.27. The third-order valence-corrected chi connectivity index (χ3v) is 2.83. The number of benzene rings is 1. The molecular weight excluding hydrogens is 258 g/mol. The molecular formula is C15H23NO4. The molecule has 5 nitrogen and oxygen atoms in total. The van der Waals surface area contributed by atoms with E-state index in [2.05, 4.69) is 0 Å². The molecule has 0 fully saturated rings. The van der Waals surface area contributed by atoms with Gasteiger partial charge in [-0.25, -0.2) is 0 Å². The largest absolute Gasteiger partial charge is 0.491 e. The van der Waals surface area contributed by atoms with Crippen molar-refractivity contribution in [3.63, 3.8) is 0 Å². The summed E-state index contributed by atoms with van der Waals surface area (Å²) in [7, 11) is 1.79. The van der Waals surface area contributed by atoms with Crippen LogP contribution in [-0.4, -0.2) is 47.3 Å². The summed E-state index contributed by atoms with van der Waals surface area (Å²) in [5.41, 5.74) is 0.795. The van der Waals surface area contributed by atoms with Gasteiger partial charge >= 0.3 is 5.97 Å². The first-order valence-electron chi connectivity index (χ1n) is 6.73. The minimum absolute atomic E-state index is 0.0738. The molecule has 0 saturated carbocycles. The maximum atomic E-state index is 10.5. The summed E-state index contributed by atoms with van der Waals surface area (Å²) in [4.78, 5) is 12.3. The predicted octanol–water partition coefficient (Wildman–Crippen LogP) is 1.91. The number of nitrogens with zero attached hydrogens (tertiary/aromatic N) is 1. The van der Waals surface area contributed by atoms with E-state index >= 15 is 0 Å². The SMILES string of the molecule is CC(C)Oc1ccc(C(O)CN(C)CCC(=O)O)cc1. The topological polar surface area (TPSA) is 70.0 Å². The first-order valence-corrected chi connectivity index (χ1v) is 6.73. The number of carbonyl (C=O) groups is 1. The molecule has 1 aromatic rings. The molecule has 0 saturated heterocycles. The van der Waals surface area contributed by atoms with Crippen molar-refractivity contribution in [3.8, 4) is 5.75 Å². The van der Waals surface area contributed by atoms with Crippen LogP contribution in [0, 0.1) is 0 Å². The van der Waals surface area contributed by atoms with E-state index in [0.29, 0.717) is 13.1 Å². The standard InChI is InChI=1S/C15H23NO4/c1-11(2)20-13-6-4-12(5-7-13)14(17)10-16(3)9-8-15(18)19/h4-7,11,14,17H,8-10H2,1-3H3,(H,18,19). The second kappa shape index (κ2) is 7.87. The Hall–Kier alpha value is -1.59. The molecule has 2 N–H and O–H groups in total. The van der Waals surface area contributed by atoms with Crippen molar-refractivity contribution in [3.05, 3.63) is 29.8 Å². The highest BCUT2D eigenvalue weighted by Crippen LogP contribution is 2.19. The Labute approximate surface area is 119 Å². The Morgan fingerprint density at radius 1 is 1.30 bits per heavy atom. The van der Waals surface area contributed by atoms with Gasteiger partial charge in [-0.15, -0.1) is 0 Å². The second-order valence-corrected chi connectivity index (χ2v) is 5.16. The van der Waals surface area contributed by atoms with E-state index in [4.69, 9.17) is 9.84 Å². The molecule has 1 unspecified atom stereocenters. The summed E-state index contributed by atoms with van der Waals surface area (Å²) in [6.45, 7) is 4.74. The number of rotatable bonds is 8. The van der Waals surface area contributed by atoms with Crippen LogP contribution in [0.5, 0.6) is 5.75 Å². The van der Waals surface area contributed by atoms with Crippen molar-refractivity contribution < 1.29 is 19.7 Å². The van der Waals surface area contributed by atoms with E-state index in [1.165, 1.54) is 0 Å². The molecule has 0 amide bonds. The molecule has 0 aliphatic carbocycles. The highest BCUT2D eigenvalue weighted by molar-refractivity contribution is 5.66. The van der Waals surface area contributed by atoms with Crippen LogP contribution in [0.4, 0.5) is 0 Å². The summed E-state index contributed by atoms with van der Waals surface area (Å²) in [5.74, 6) is -0.0586. The average Bonchev–Trinajstić information content (AvgIpc) is 2.36. The average molecular weight is 281 g/mol. The molecule has 1 rings (SSSR count). The van der Waals surface area contributed by atoms with Gasteiger partial charge in [0, 0.05) is 13.1 Å². The maximum Gasteiger partial charge on any atom is 0.304 e. The number of likely N-dealkylation sites (N-methyl/N-ethyl adjacent to an activating group) is 1. The van der Waals surface area contributed by atoms with Crippen LogP contribution in [0.1, 0.15) is 31.9 Å². The fraction of sp³-hybridized carbons (Fsp3) is 0.533. The van der Waals surface area contributed by atoms with E-state index < -0.39 is 12.1 Å². The van der Waals surface area contributed by atoms with Crippen LogP contribution in [0.15, 0.2) is 24.3 Å². The number of hydrogen-bond donors (Lipinski definition) is 2. The summed E-state index contributed by atoms with van der Waals surface area (Å²) in [6, 6.07) is 7.31. The zero-order valence-corrected chi connectivity index (χ0v) is 12.2. The number of aliphatic hydroxyl groups excluding tert-OH is 1. The van der Waals surface area contributed by atoms with Gasteiger partial charge in [0.2, 0.25) is 0 Å². The molecule has 1 atom stereocenters. The molecule has 112 valence electrons. The number of aliphatic carboxylic acids is 1. The smallest absolute Gasteiger partial charge is 0.304 e. The number of carboxylic acids is 1. The first-order chi connectivity index (χ1) is 9.38. The van der Waals surface area contributed by atoms with Crippen molar-refractivity contribution in [2.45, 2.75) is 32.5 Å². The zero-order chi connectivity index (χ0) is 15.1. The van der Waals surface area contributed by atoms with Crippen LogP contribution in [0.2, 0.25) is 0 Å². The van der Waals surface area contributed by atoms with Gasteiger partial charge in [-0.05, 0) is 38.6 Å². The van der Waals surface area contributed by atoms with Crippen molar-refractivity contribution in [2.24, 2.45) is 0 Å². The summed E-state index contributed by atoms with van der Waals surface area (Å²) in [6.07, 6.45) is -0.445. The number of ether oxygens (including phenoxy) is 1. The highest BCUT2D eigenvalue weighted by Gasteiger charge is 2.12. The molecule has 20 heavy (non-hydrogen) atoms. The van der Waals surface area contributed by atoms with Gasteiger partial charge in [-0.2, -0.15) is 0 Å². The number of carboxylic acid groups (broad SMARTS) is 1. The van der Waals surface area contributed by atoms with Gasteiger partial charge in [-0.3, -0.25) is 4.79 Å². The Morgan fingerprint density at radius 2 is 1.90 bits per heavy atom. The quantitative estimate of drug-likeness (QED) is 0.761. The Balaban J connectivity index is 2.50. The molecule has 0 radical (unpaired) electrons. The normalized spacial score (nSPS) is 12.7. The van der Waals surface area contributed by atoms with Gasteiger partial charge in [0.05, 0.1) is 18.6 Å². The molecule has 0 aromatic heterocycles. The van der Waals surface area contributed by atoms with Gasteiger partial charge < -0.3 is 19.8 Å². The van der Waals surface area contributed by atoms with Crippen LogP contribution in [0.25, 0.3) is 0 Å². The van der Waals surface area contributed by atoms with E-state index in [1.807, 2.05) is 38.1 Å². The lowest BCUT2D eigenvalue weighted by Gasteiger charge is -2.20. The van der Waals surface area contributed by atoms with Gasteiger partial charge in [0.1, 0.15) is 5.75 Å². The van der Waals surface area contributed by atoms with Crippen molar-refractivity contribution in [1.29, 1.82) is 0 Å². The van der Waals surface area contributed by atoms with Crippen LogP contribution in [-0.2, 0) is 4.79 Å². The van der Waals surface area contributed by atoms with Gasteiger partial charge in [0.25, 0.3) is 0 Å². The highest BCUT2D eigenvalue weighted by atomic mass is 16.5. The van der Waals surface area contributed by atoms with E-state index in [-0.39, 0.29) is 12.5 Å². The van der Waals surface area contributed by atoms with Crippen LogP contribution < -0.4 is 4.74 Å². The number of aliphatic hydroxyl groups is 1. The third kappa shape index (κ3) is 6.04. The molecule has 0 heterocycles. The zero-order valence-electron chi connectivity index (χ0n) is 12.2. The Morgan fingerprint density at radius 3 is 2.40 bits per heavy atom. The second-order valence-electron chi connectivity index (χ2n) is 5.16. The van der Waals surface area contributed by atoms with Crippen molar-refractivity contribution in [2.75, 3.05) is 20.1 Å². The molecule has 0 aliphatic rings. The fourth-order valence-corrected chi connectivity index (χ4v) is 1.82. The first kappa shape index (κ1) is 16.5. The van der Waals surface area contributed by atoms with E-state index in [1.54, 1.807) is 11.9 Å². The lowest BCUT2D eigenvalue weighted by molar-refractivity contribution is -0.137. The van der Waals surface area contributed by atoms with Gasteiger partial charge in [0.15, 0.2) is 0 Å².